The number of rotatable bonds is 1. The molecule has 0 amide bonds. The van der Waals surface area contributed by atoms with E-state index < -0.39 is 17.5 Å². The summed E-state index contributed by atoms with van der Waals surface area (Å²) in [5.74, 6) is 0.453. The number of halogens is 4. The first kappa shape index (κ1) is 30.1. The molecule has 2 aliphatic rings. The van der Waals surface area contributed by atoms with Crippen molar-refractivity contribution in [1.82, 2.24) is 24.5 Å². The highest BCUT2D eigenvalue weighted by molar-refractivity contribution is 5.32. The molecular formula is C25H43F4N5. The monoisotopic (exact) mass is 489 g/mol. The summed E-state index contributed by atoms with van der Waals surface area (Å²) < 4.78 is 55.0. The van der Waals surface area contributed by atoms with Crippen LogP contribution in [-0.2, 0) is 51.7 Å². The minimum Gasteiger partial charge on any atom is -0.302 e. The van der Waals surface area contributed by atoms with Gasteiger partial charge in [0, 0.05) is 56.1 Å². The van der Waals surface area contributed by atoms with Crippen LogP contribution in [0.25, 0.3) is 0 Å². The smallest absolute Gasteiger partial charge is 0.302 e. The first-order valence-corrected chi connectivity index (χ1v) is 12.3. The lowest BCUT2D eigenvalue weighted by atomic mass is 9.88. The van der Waals surface area contributed by atoms with E-state index in [0.29, 0.717) is 30.0 Å². The molecule has 2 aromatic rings. The fourth-order valence-electron chi connectivity index (χ4n) is 4.38. The van der Waals surface area contributed by atoms with Crippen molar-refractivity contribution in [3.8, 4) is 0 Å². The molecule has 196 valence electrons. The van der Waals surface area contributed by atoms with Gasteiger partial charge in [-0.1, -0.05) is 34.6 Å². The highest BCUT2D eigenvalue weighted by Gasteiger charge is 2.39. The van der Waals surface area contributed by atoms with Gasteiger partial charge in [0.05, 0.1) is 0 Å². The lowest BCUT2D eigenvalue weighted by molar-refractivity contribution is -0.142. The quantitative estimate of drug-likeness (QED) is 0.446. The Morgan fingerprint density at radius 3 is 1.85 bits per heavy atom. The minimum atomic E-state index is -4.31. The molecule has 0 saturated heterocycles. The Morgan fingerprint density at radius 1 is 0.794 bits per heavy atom. The molecule has 1 atom stereocenters. The molecular weight excluding hydrogens is 446 g/mol. The molecule has 1 aliphatic carbocycles. The first-order valence-electron chi connectivity index (χ1n) is 12.3. The van der Waals surface area contributed by atoms with E-state index in [0.717, 1.165) is 37.2 Å². The second-order valence-electron chi connectivity index (χ2n) is 9.10. The summed E-state index contributed by atoms with van der Waals surface area (Å²) in [6, 6.07) is 0. The number of aromatic nitrogens is 4. The van der Waals surface area contributed by atoms with Gasteiger partial charge in [0.25, 0.3) is 0 Å². The third-order valence-corrected chi connectivity index (χ3v) is 5.97. The van der Waals surface area contributed by atoms with E-state index in [1.165, 1.54) is 10.4 Å². The summed E-state index contributed by atoms with van der Waals surface area (Å²) in [6.45, 7) is 15.0. The van der Waals surface area contributed by atoms with Crippen LogP contribution in [0.15, 0.2) is 0 Å². The van der Waals surface area contributed by atoms with Gasteiger partial charge in [-0.25, -0.2) is 4.39 Å². The molecule has 0 spiro atoms. The van der Waals surface area contributed by atoms with E-state index in [1.807, 2.05) is 39.4 Å². The van der Waals surface area contributed by atoms with Crippen LogP contribution in [0.5, 0.6) is 0 Å². The number of hydrogen-bond donors (Lipinski definition) is 0. The fraction of sp³-hybridized carbons (Fsp3) is 0.760. The molecule has 0 radical (unpaired) electrons. The summed E-state index contributed by atoms with van der Waals surface area (Å²) in [5, 5.41) is 7.90. The third-order valence-electron chi connectivity index (χ3n) is 5.97. The lowest BCUT2D eigenvalue weighted by Gasteiger charge is -2.24. The highest BCUT2D eigenvalue weighted by atomic mass is 19.4. The van der Waals surface area contributed by atoms with Crippen molar-refractivity contribution in [2.75, 3.05) is 13.6 Å². The summed E-state index contributed by atoms with van der Waals surface area (Å²) >= 11 is 0. The Labute approximate surface area is 202 Å². The zero-order valence-electron chi connectivity index (χ0n) is 22.6. The maximum absolute atomic E-state index is 14.0. The summed E-state index contributed by atoms with van der Waals surface area (Å²) in [4.78, 5) is 2.21. The van der Waals surface area contributed by atoms with Gasteiger partial charge in [0.1, 0.15) is 11.4 Å². The summed E-state index contributed by atoms with van der Waals surface area (Å²) in [6.07, 6.45) is -1.33. The van der Waals surface area contributed by atoms with Gasteiger partial charge >= 0.3 is 6.18 Å². The van der Waals surface area contributed by atoms with Crippen LogP contribution in [0.3, 0.4) is 0 Å². The number of hydrogen-bond acceptors (Lipinski definition) is 3. The standard InChI is InChI=1S/C11H18FN3.C10H13F3N2.2C2H6/c1-11(2,12)10-8-7-14(3)6-5-9(8)15(4)13-10;1-6-3-4-7-8(5-6)15(2)14-9(7)10(11,12)13;2*1-2/h5-7H2,1-4H3;6H,3-5H2,1-2H3;2*1-2H3. The molecule has 2 aromatic heterocycles. The van der Waals surface area contributed by atoms with Crippen molar-refractivity contribution >= 4 is 0 Å². The van der Waals surface area contributed by atoms with Crippen molar-refractivity contribution in [2.45, 2.75) is 92.5 Å². The SMILES string of the molecule is CC.CC.CC1CCc2c(C(F)(F)F)nn(C)c2C1.CN1CCc2c(c(C(C)(C)F)nn2C)C1. The topological polar surface area (TPSA) is 38.9 Å². The zero-order valence-corrected chi connectivity index (χ0v) is 22.6. The van der Waals surface area contributed by atoms with Crippen LogP contribution in [-0.4, -0.2) is 38.1 Å². The van der Waals surface area contributed by atoms with E-state index in [-0.39, 0.29) is 0 Å². The summed E-state index contributed by atoms with van der Waals surface area (Å²) in [5.41, 5.74) is 2.00. The highest BCUT2D eigenvalue weighted by Crippen LogP contribution is 2.36. The van der Waals surface area contributed by atoms with Gasteiger partial charge in [-0.3, -0.25) is 9.36 Å². The molecule has 9 heteroatoms. The van der Waals surface area contributed by atoms with Crippen LogP contribution < -0.4 is 0 Å². The third kappa shape index (κ3) is 7.06. The van der Waals surface area contributed by atoms with Crippen LogP contribution in [0.4, 0.5) is 17.6 Å². The maximum atomic E-state index is 14.0. The first-order chi connectivity index (χ1) is 15.8. The Balaban J connectivity index is 0.000000297. The van der Waals surface area contributed by atoms with Crippen LogP contribution >= 0.6 is 0 Å². The number of fused-ring (bicyclic) bond motifs is 2. The van der Waals surface area contributed by atoms with E-state index in [1.54, 1.807) is 20.9 Å². The lowest BCUT2D eigenvalue weighted by Crippen LogP contribution is -2.28. The van der Waals surface area contributed by atoms with E-state index >= 15 is 0 Å². The second kappa shape index (κ2) is 12.2. The zero-order chi connectivity index (χ0) is 26.4. The van der Waals surface area contributed by atoms with Crippen molar-refractivity contribution in [1.29, 1.82) is 0 Å². The molecule has 5 nitrogen and oxygen atoms in total. The summed E-state index contributed by atoms with van der Waals surface area (Å²) in [7, 11) is 5.55. The molecule has 1 aliphatic heterocycles. The Hall–Kier alpha value is -1.90. The molecule has 3 heterocycles. The Kier molecular flexibility index (Phi) is 10.8. The van der Waals surface area contributed by atoms with E-state index in [4.69, 9.17) is 0 Å². The average molecular weight is 490 g/mol. The molecule has 0 N–H and O–H groups in total. The Bertz CT molecular complexity index is 906. The number of alkyl halides is 4. The average Bonchev–Trinajstić information content (AvgIpc) is 3.28. The van der Waals surface area contributed by atoms with E-state index in [9.17, 15) is 17.6 Å². The van der Waals surface area contributed by atoms with Crippen molar-refractivity contribution in [3.63, 3.8) is 0 Å². The van der Waals surface area contributed by atoms with Gasteiger partial charge in [-0.2, -0.15) is 23.4 Å². The maximum Gasteiger partial charge on any atom is 0.435 e. The predicted octanol–water partition coefficient (Wildman–Crippen LogP) is 6.23. The molecule has 0 aromatic carbocycles. The van der Waals surface area contributed by atoms with Crippen LogP contribution in [0.2, 0.25) is 0 Å². The largest absolute Gasteiger partial charge is 0.435 e. The van der Waals surface area contributed by atoms with Crippen molar-refractivity contribution in [2.24, 2.45) is 20.0 Å². The van der Waals surface area contributed by atoms with Gasteiger partial charge in [0.15, 0.2) is 5.69 Å². The number of nitrogens with zero attached hydrogens (tertiary/aromatic N) is 5. The van der Waals surface area contributed by atoms with Gasteiger partial charge < -0.3 is 4.90 Å². The molecule has 4 rings (SSSR count). The predicted molar refractivity (Wildman–Crippen MR) is 129 cm³/mol. The number of aryl methyl sites for hydroxylation is 2. The molecule has 0 fully saturated rings. The number of likely N-dealkylation sites (N-methyl/N-ethyl adjacent to an activating group) is 1. The normalized spacial score (nSPS) is 17.8. The van der Waals surface area contributed by atoms with Crippen molar-refractivity contribution < 1.29 is 17.6 Å². The molecule has 1 unspecified atom stereocenters. The fourth-order valence-corrected chi connectivity index (χ4v) is 4.38. The van der Waals surface area contributed by atoms with Crippen LogP contribution in [0, 0.1) is 5.92 Å². The molecule has 0 bridgehead atoms. The van der Waals surface area contributed by atoms with Crippen LogP contribution in [0.1, 0.15) is 88.8 Å². The molecule has 34 heavy (non-hydrogen) atoms. The van der Waals surface area contributed by atoms with Gasteiger partial charge in [-0.05, 0) is 46.1 Å². The van der Waals surface area contributed by atoms with E-state index in [2.05, 4.69) is 29.1 Å². The Morgan fingerprint density at radius 2 is 1.32 bits per heavy atom. The van der Waals surface area contributed by atoms with Crippen molar-refractivity contribution in [3.05, 3.63) is 33.9 Å². The van der Waals surface area contributed by atoms with Gasteiger partial charge in [-0.15, -0.1) is 0 Å². The minimum absolute atomic E-state index is 0.406. The second-order valence-corrected chi connectivity index (χ2v) is 9.10. The van der Waals surface area contributed by atoms with Gasteiger partial charge in [0.2, 0.25) is 0 Å². The molecule has 0 saturated carbocycles.